The van der Waals surface area contributed by atoms with Crippen molar-refractivity contribution in [2.45, 2.75) is 52.4 Å². The van der Waals surface area contributed by atoms with Crippen LogP contribution in [0.1, 0.15) is 40.2 Å². The van der Waals surface area contributed by atoms with Gasteiger partial charge in [-0.05, 0) is 52.8 Å². The van der Waals surface area contributed by atoms with E-state index in [4.69, 9.17) is 18.4 Å². The molecule has 1 heterocycles. The Morgan fingerprint density at radius 1 is 1.35 bits per heavy atom. The van der Waals surface area contributed by atoms with Gasteiger partial charge in [-0.3, -0.25) is 0 Å². The predicted molar refractivity (Wildman–Crippen MR) is 94.4 cm³/mol. The summed E-state index contributed by atoms with van der Waals surface area (Å²) in [5, 5.41) is 0. The maximum absolute atomic E-state index is 12.3. The van der Waals surface area contributed by atoms with Crippen LogP contribution in [-0.2, 0) is 25.2 Å². The van der Waals surface area contributed by atoms with E-state index in [1.807, 2.05) is 20.8 Å². The van der Waals surface area contributed by atoms with Crippen LogP contribution in [-0.4, -0.2) is 44.9 Å². The summed E-state index contributed by atoms with van der Waals surface area (Å²) < 4.78 is 46.3. The second-order valence-electron chi connectivity index (χ2n) is 6.73. The molecule has 0 N–H and O–H groups in total. The molecule has 1 aromatic carbocycles. The second-order valence-corrected chi connectivity index (χ2v) is 8.30. The van der Waals surface area contributed by atoms with Crippen LogP contribution in [0.2, 0.25) is 0 Å². The standard InChI is InChI=1S/C17H25NO7S/c1-7-22-15-17(4,5)13-10-12(8-9-14(13)24-15)25-26(20,21)18(6)16(19)23-11(2)3/h8-11,15H,7H2,1-6H3. The summed E-state index contributed by atoms with van der Waals surface area (Å²) in [7, 11) is -3.27. The number of hydrogen-bond acceptors (Lipinski definition) is 7. The Kier molecular flexibility index (Phi) is 5.72. The molecule has 0 fully saturated rings. The fourth-order valence-electron chi connectivity index (χ4n) is 2.50. The first-order chi connectivity index (χ1) is 12.0. The highest BCUT2D eigenvalue weighted by Crippen LogP contribution is 2.44. The first-order valence-corrected chi connectivity index (χ1v) is 9.67. The van der Waals surface area contributed by atoms with Crippen LogP contribution in [0.15, 0.2) is 18.2 Å². The first-order valence-electron chi connectivity index (χ1n) is 8.30. The van der Waals surface area contributed by atoms with Gasteiger partial charge in [0.25, 0.3) is 0 Å². The molecule has 0 aliphatic carbocycles. The molecule has 1 aliphatic rings. The van der Waals surface area contributed by atoms with Crippen molar-refractivity contribution < 1.29 is 31.6 Å². The molecule has 8 nitrogen and oxygen atoms in total. The normalized spacial score (nSPS) is 18.2. The highest BCUT2D eigenvalue weighted by molar-refractivity contribution is 7.85. The van der Waals surface area contributed by atoms with E-state index in [0.29, 0.717) is 16.7 Å². The van der Waals surface area contributed by atoms with Crippen LogP contribution in [0.5, 0.6) is 11.5 Å². The Labute approximate surface area is 154 Å². The monoisotopic (exact) mass is 387 g/mol. The second kappa shape index (κ2) is 7.32. The zero-order valence-electron chi connectivity index (χ0n) is 15.8. The number of ether oxygens (including phenoxy) is 3. The number of nitrogens with zero attached hydrogens (tertiary/aromatic N) is 1. The van der Waals surface area contributed by atoms with E-state index in [9.17, 15) is 13.2 Å². The Balaban J connectivity index is 2.22. The summed E-state index contributed by atoms with van der Waals surface area (Å²) in [6.07, 6.45) is -1.94. The minimum Gasteiger partial charge on any atom is -0.464 e. The molecule has 1 unspecified atom stereocenters. The molecule has 146 valence electrons. The molecule has 0 saturated heterocycles. The van der Waals surface area contributed by atoms with Crippen LogP contribution in [0.25, 0.3) is 0 Å². The molecule has 1 aliphatic heterocycles. The molecule has 9 heteroatoms. The summed E-state index contributed by atoms with van der Waals surface area (Å²) in [6.45, 7) is 9.47. The average Bonchev–Trinajstić information content (AvgIpc) is 2.77. The SMILES string of the molecule is CCOC1Oc2ccc(OS(=O)(=O)N(C)C(=O)OC(C)C)cc2C1(C)C. The van der Waals surface area contributed by atoms with Gasteiger partial charge in [-0.2, -0.15) is 12.7 Å². The molecule has 1 aromatic rings. The fraction of sp³-hybridized carbons (Fsp3) is 0.588. The van der Waals surface area contributed by atoms with Gasteiger partial charge < -0.3 is 18.4 Å². The van der Waals surface area contributed by atoms with E-state index in [1.54, 1.807) is 26.0 Å². The minimum atomic E-state index is -4.35. The van der Waals surface area contributed by atoms with E-state index >= 15 is 0 Å². The van der Waals surface area contributed by atoms with Crippen molar-refractivity contribution in [2.75, 3.05) is 13.7 Å². The van der Waals surface area contributed by atoms with E-state index < -0.39 is 34.2 Å². The van der Waals surface area contributed by atoms with Gasteiger partial charge in [0.15, 0.2) is 0 Å². The Bertz CT molecular complexity index is 773. The number of carbonyl (C=O) groups excluding carboxylic acids is 1. The van der Waals surface area contributed by atoms with Crippen LogP contribution in [0.3, 0.4) is 0 Å². The predicted octanol–water partition coefficient (Wildman–Crippen LogP) is 2.82. The third kappa shape index (κ3) is 4.04. The van der Waals surface area contributed by atoms with Crippen molar-refractivity contribution in [1.82, 2.24) is 4.31 Å². The average molecular weight is 387 g/mol. The Hall–Kier alpha value is -2.00. The van der Waals surface area contributed by atoms with Gasteiger partial charge >= 0.3 is 16.4 Å². The lowest BCUT2D eigenvalue weighted by atomic mass is 9.85. The maximum atomic E-state index is 12.3. The fourth-order valence-corrected chi connectivity index (χ4v) is 3.18. The van der Waals surface area contributed by atoms with Crippen LogP contribution >= 0.6 is 0 Å². The number of hydrogen-bond donors (Lipinski definition) is 0. The van der Waals surface area contributed by atoms with Crippen molar-refractivity contribution >= 4 is 16.4 Å². The van der Waals surface area contributed by atoms with Gasteiger partial charge in [-0.15, -0.1) is 0 Å². The van der Waals surface area contributed by atoms with Gasteiger partial charge in [-0.1, -0.05) is 0 Å². The number of benzene rings is 1. The summed E-state index contributed by atoms with van der Waals surface area (Å²) >= 11 is 0. The topological polar surface area (TPSA) is 91.4 Å². The van der Waals surface area contributed by atoms with E-state index in [2.05, 4.69) is 0 Å². The van der Waals surface area contributed by atoms with Crippen molar-refractivity contribution in [1.29, 1.82) is 0 Å². The van der Waals surface area contributed by atoms with Crippen molar-refractivity contribution in [2.24, 2.45) is 0 Å². The van der Waals surface area contributed by atoms with Gasteiger partial charge in [0.1, 0.15) is 11.5 Å². The molecule has 0 saturated carbocycles. The highest BCUT2D eigenvalue weighted by atomic mass is 32.2. The number of fused-ring (bicyclic) bond motifs is 1. The molecule has 1 amide bonds. The Morgan fingerprint density at radius 2 is 2.00 bits per heavy atom. The van der Waals surface area contributed by atoms with Gasteiger partial charge in [0.2, 0.25) is 6.29 Å². The van der Waals surface area contributed by atoms with Crippen LogP contribution in [0.4, 0.5) is 4.79 Å². The van der Waals surface area contributed by atoms with Crippen LogP contribution < -0.4 is 8.92 Å². The quantitative estimate of drug-likeness (QED) is 0.741. The minimum absolute atomic E-state index is 0.0711. The lowest BCUT2D eigenvalue weighted by Crippen LogP contribution is -2.37. The molecule has 0 aromatic heterocycles. The van der Waals surface area contributed by atoms with Crippen molar-refractivity contribution in [3.63, 3.8) is 0 Å². The third-order valence-electron chi connectivity index (χ3n) is 3.92. The van der Waals surface area contributed by atoms with Gasteiger partial charge in [0.05, 0.1) is 11.5 Å². The van der Waals surface area contributed by atoms with Gasteiger partial charge in [0, 0.05) is 19.2 Å². The number of amides is 1. The maximum Gasteiger partial charge on any atom is 0.426 e. The molecule has 26 heavy (non-hydrogen) atoms. The van der Waals surface area contributed by atoms with Gasteiger partial charge in [-0.25, -0.2) is 4.79 Å². The third-order valence-corrected chi connectivity index (χ3v) is 5.14. The lowest BCUT2D eigenvalue weighted by molar-refractivity contribution is -0.0981. The van der Waals surface area contributed by atoms with Crippen LogP contribution in [0, 0.1) is 0 Å². The summed E-state index contributed by atoms with van der Waals surface area (Å²) in [6, 6.07) is 4.66. The smallest absolute Gasteiger partial charge is 0.426 e. The zero-order chi connectivity index (χ0) is 19.7. The summed E-state index contributed by atoms with van der Waals surface area (Å²) in [5.74, 6) is 0.674. The molecular weight excluding hydrogens is 362 g/mol. The number of rotatable bonds is 6. The molecule has 0 bridgehead atoms. The van der Waals surface area contributed by atoms with E-state index in [0.717, 1.165) is 12.6 Å². The first kappa shape index (κ1) is 20.3. The molecule has 0 radical (unpaired) electrons. The number of carbonyl (C=O) groups is 1. The highest BCUT2D eigenvalue weighted by Gasteiger charge is 2.43. The summed E-state index contributed by atoms with van der Waals surface area (Å²) in [4.78, 5) is 11.8. The largest absolute Gasteiger partial charge is 0.464 e. The zero-order valence-corrected chi connectivity index (χ0v) is 16.6. The molecule has 2 rings (SSSR count). The molecule has 1 atom stereocenters. The molecular formula is C17H25NO7S. The van der Waals surface area contributed by atoms with E-state index in [-0.39, 0.29) is 5.75 Å². The van der Waals surface area contributed by atoms with Crippen molar-refractivity contribution in [3.05, 3.63) is 23.8 Å². The Morgan fingerprint density at radius 3 is 2.58 bits per heavy atom. The lowest BCUT2D eigenvalue weighted by Gasteiger charge is -2.25. The molecule has 0 spiro atoms. The van der Waals surface area contributed by atoms with Crippen molar-refractivity contribution in [3.8, 4) is 11.5 Å². The van der Waals surface area contributed by atoms with E-state index in [1.165, 1.54) is 6.07 Å². The summed E-state index contributed by atoms with van der Waals surface area (Å²) in [5.41, 5.74) is 0.271.